The molecule has 0 spiro atoms. The summed E-state index contributed by atoms with van der Waals surface area (Å²) in [5, 5.41) is 0. The van der Waals surface area contributed by atoms with Crippen molar-refractivity contribution >= 4 is 22.6 Å². The molecule has 1 aliphatic heterocycles. The largest absolute Gasteiger partial charge is 0.473 e. The summed E-state index contributed by atoms with van der Waals surface area (Å²) in [6.07, 6.45) is 8.05. The van der Waals surface area contributed by atoms with Crippen LogP contribution in [0.2, 0.25) is 0 Å². The summed E-state index contributed by atoms with van der Waals surface area (Å²) in [5.41, 5.74) is 3.71. The third-order valence-corrected chi connectivity index (χ3v) is 5.80. The van der Waals surface area contributed by atoms with Crippen molar-refractivity contribution in [2.75, 3.05) is 13.2 Å². The number of nitrogens with zero attached hydrogens (tertiary/aromatic N) is 5. The molecule has 0 bridgehead atoms. The standard InChI is InChI=1S/C21H21N5O2S/c1-14-11-17(29-25-14)12-19-23-18-4-8-26(15-3-2-7-22-13-15)20(18)21(24-19)28-16-5-9-27-10-6-16/h2-4,7-8,11,13,16H,5-6,9-10,12H2,1H3. The Morgan fingerprint density at radius 2 is 2.14 bits per heavy atom. The molecule has 0 saturated carbocycles. The van der Waals surface area contributed by atoms with Gasteiger partial charge in [-0.05, 0) is 42.7 Å². The maximum Gasteiger partial charge on any atom is 0.242 e. The molecule has 7 nitrogen and oxygen atoms in total. The van der Waals surface area contributed by atoms with E-state index in [0.29, 0.717) is 12.3 Å². The molecule has 0 N–H and O–H groups in total. The summed E-state index contributed by atoms with van der Waals surface area (Å²) in [5.74, 6) is 1.36. The average Bonchev–Trinajstić information content (AvgIpc) is 3.36. The number of ether oxygens (including phenoxy) is 2. The van der Waals surface area contributed by atoms with Gasteiger partial charge < -0.3 is 14.0 Å². The zero-order valence-electron chi connectivity index (χ0n) is 16.1. The number of hydrogen-bond donors (Lipinski definition) is 0. The lowest BCUT2D eigenvalue weighted by atomic mass is 10.1. The van der Waals surface area contributed by atoms with Crippen molar-refractivity contribution in [2.24, 2.45) is 0 Å². The molecule has 1 fully saturated rings. The monoisotopic (exact) mass is 407 g/mol. The molecular formula is C21H21N5O2S. The molecule has 8 heteroatoms. The lowest BCUT2D eigenvalue weighted by molar-refractivity contribution is 0.0242. The highest BCUT2D eigenvalue weighted by atomic mass is 32.1. The molecule has 0 amide bonds. The molecule has 4 aromatic heterocycles. The van der Waals surface area contributed by atoms with Crippen molar-refractivity contribution in [3.63, 3.8) is 0 Å². The second-order valence-corrected chi connectivity index (χ2v) is 8.01. The predicted molar refractivity (Wildman–Crippen MR) is 111 cm³/mol. The van der Waals surface area contributed by atoms with Gasteiger partial charge in [-0.1, -0.05) is 0 Å². The van der Waals surface area contributed by atoms with Gasteiger partial charge in [0.05, 0.1) is 36.3 Å². The molecule has 5 rings (SSSR count). The van der Waals surface area contributed by atoms with E-state index in [4.69, 9.17) is 19.4 Å². The summed E-state index contributed by atoms with van der Waals surface area (Å²) in [7, 11) is 0. The van der Waals surface area contributed by atoms with Gasteiger partial charge in [0.15, 0.2) is 0 Å². The first-order valence-corrected chi connectivity index (χ1v) is 10.5. The van der Waals surface area contributed by atoms with E-state index in [9.17, 15) is 0 Å². The molecule has 1 aliphatic rings. The number of aromatic nitrogens is 5. The normalized spacial score (nSPS) is 15.1. The number of aryl methyl sites for hydroxylation is 1. The lowest BCUT2D eigenvalue weighted by Crippen LogP contribution is -2.26. The Bertz CT molecular complexity index is 1120. The van der Waals surface area contributed by atoms with Crippen LogP contribution in [0, 0.1) is 6.92 Å². The summed E-state index contributed by atoms with van der Waals surface area (Å²) < 4.78 is 18.3. The Kier molecular flexibility index (Phi) is 4.95. The second-order valence-electron chi connectivity index (χ2n) is 7.12. The first kappa shape index (κ1) is 18.2. The fourth-order valence-electron chi connectivity index (χ4n) is 3.54. The third-order valence-electron chi connectivity index (χ3n) is 4.93. The number of fused-ring (bicyclic) bond motifs is 1. The molecule has 0 radical (unpaired) electrons. The van der Waals surface area contributed by atoms with Gasteiger partial charge in [0.25, 0.3) is 0 Å². The van der Waals surface area contributed by atoms with Crippen LogP contribution in [-0.4, -0.2) is 43.2 Å². The number of rotatable bonds is 5. The molecule has 0 atom stereocenters. The van der Waals surface area contributed by atoms with E-state index < -0.39 is 0 Å². The maximum absolute atomic E-state index is 6.39. The summed E-state index contributed by atoms with van der Waals surface area (Å²) >= 11 is 1.49. The zero-order chi connectivity index (χ0) is 19.6. The van der Waals surface area contributed by atoms with E-state index in [2.05, 4.69) is 15.4 Å². The zero-order valence-corrected chi connectivity index (χ0v) is 16.9. The fraction of sp³-hybridized carbons (Fsp3) is 0.333. The van der Waals surface area contributed by atoms with Crippen molar-refractivity contribution in [3.05, 3.63) is 59.3 Å². The van der Waals surface area contributed by atoms with Crippen LogP contribution in [0.4, 0.5) is 0 Å². The molecule has 148 valence electrons. The molecule has 29 heavy (non-hydrogen) atoms. The number of pyridine rings is 1. The Morgan fingerprint density at radius 1 is 1.24 bits per heavy atom. The van der Waals surface area contributed by atoms with Crippen LogP contribution in [0.3, 0.4) is 0 Å². The van der Waals surface area contributed by atoms with Gasteiger partial charge in [-0.2, -0.15) is 9.36 Å². The van der Waals surface area contributed by atoms with Crippen LogP contribution in [0.5, 0.6) is 5.88 Å². The van der Waals surface area contributed by atoms with Crippen LogP contribution in [0.15, 0.2) is 42.9 Å². The van der Waals surface area contributed by atoms with E-state index in [1.54, 1.807) is 6.20 Å². The van der Waals surface area contributed by atoms with Crippen molar-refractivity contribution in [2.45, 2.75) is 32.3 Å². The van der Waals surface area contributed by atoms with Gasteiger partial charge in [0, 0.05) is 36.5 Å². The van der Waals surface area contributed by atoms with E-state index in [0.717, 1.165) is 59.2 Å². The first-order valence-electron chi connectivity index (χ1n) is 9.71. The van der Waals surface area contributed by atoms with Gasteiger partial charge in [-0.3, -0.25) is 4.98 Å². The Hall–Kier alpha value is -2.84. The van der Waals surface area contributed by atoms with Crippen LogP contribution in [-0.2, 0) is 11.2 Å². The number of hydrogen-bond acceptors (Lipinski definition) is 7. The van der Waals surface area contributed by atoms with Gasteiger partial charge in [-0.15, -0.1) is 0 Å². The van der Waals surface area contributed by atoms with E-state index in [1.165, 1.54) is 11.5 Å². The van der Waals surface area contributed by atoms with Gasteiger partial charge in [-0.25, -0.2) is 4.98 Å². The molecule has 4 aromatic rings. The Balaban J connectivity index is 1.58. The van der Waals surface area contributed by atoms with Crippen molar-refractivity contribution in [1.29, 1.82) is 0 Å². The molecule has 0 unspecified atom stereocenters. The SMILES string of the molecule is Cc1cc(Cc2nc(OC3CCOCC3)c3c(ccn3-c3cccnc3)n2)sn1. The van der Waals surface area contributed by atoms with Crippen molar-refractivity contribution in [3.8, 4) is 11.6 Å². The van der Waals surface area contributed by atoms with Crippen LogP contribution in [0.25, 0.3) is 16.7 Å². The Labute approximate surface area is 172 Å². The second kappa shape index (κ2) is 7.88. The van der Waals surface area contributed by atoms with Crippen molar-refractivity contribution in [1.82, 2.24) is 23.9 Å². The van der Waals surface area contributed by atoms with Gasteiger partial charge >= 0.3 is 0 Å². The van der Waals surface area contributed by atoms with Gasteiger partial charge in [0.2, 0.25) is 5.88 Å². The highest BCUT2D eigenvalue weighted by Gasteiger charge is 2.21. The summed E-state index contributed by atoms with van der Waals surface area (Å²) in [6, 6.07) is 8.01. The molecule has 0 aromatic carbocycles. The summed E-state index contributed by atoms with van der Waals surface area (Å²) in [4.78, 5) is 15.0. The van der Waals surface area contributed by atoms with Crippen molar-refractivity contribution < 1.29 is 9.47 Å². The van der Waals surface area contributed by atoms with E-state index in [-0.39, 0.29) is 6.10 Å². The van der Waals surface area contributed by atoms with Crippen LogP contribution >= 0.6 is 11.5 Å². The first-order chi connectivity index (χ1) is 14.3. The highest BCUT2D eigenvalue weighted by molar-refractivity contribution is 7.05. The summed E-state index contributed by atoms with van der Waals surface area (Å²) in [6.45, 7) is 3.43. The van der Waals surface area contributed by atoms with Crippen LogP contribution in [0.1, 0.15) is 29.2 Å². The molecule has 1 saturated heterocycles. The smallest absolute Gasteiger partial charge is 0.242 e. The topological polar surface area (TPSA) is 75.0 Å². The Morgan fingerprint density at radius 3 is 2.90 bits per heavy atom. The quantitative estimate of drug-likeness (QED) is 0.502. The third kappa shape index (κ3) is 3.86. The van der Waals surface area contributed by atoms with E-state index >= 15 is 0 Å². The average molecular weight is 407 g/mol. The minimum Gasteiger partial charge on any atom is -0.473 e. The molecule has 5 heterocycles. The molecular weight excluding hydrogens is 386 g/mol. The predicted octanol–water partition coefficient (Wildman–Crippen LogP) is 3.73. The van der Waals surface area contributed by atoms with Crippen LogP contribution < -0.4 is 4.74 Å². The van der Waals surface area contributed by atoms with E-state index in [1.807, 2.05) is 42.1 Å². The maximum atomic E-state index is 6.39. The van der Waals surface area contributed by atoms with Gasteiger partial charge in [0.1, 0.15) is 17.4 Å². The molecule has 0 aliphatic carbocycles. The lowest BCUT2D eigenvalue weighted by Gasteiger charge is -2.23. The fourth-order valence-corrected chi connectivity index (χ4v) is 4.27. The minimum absolute atomic E-state index is 0.0950. The highest BCUT2D eigenvalue weighted by Crippen LogP contribution is 2.29. The minimum atomic E-state index is 0.0950.